The number of nitrogens with zero attached hydrogens (tertiary/aromatic N) is 1. The first-order valence-electron chi connectivity index (χ1n) is 6.40. The fourth-order valence-corrected chi connectivity index (χ4v) is 2.30. The Morgan fingerprint density at radius 3 is 2.47 bits per heavy atom. The van der Waals surface area contributed by atoms with Gasteiger partial charge in [-0.2, -0.15) is 4.99 Å². The number of amidine groups is 1. The summed E-state index contributed by atoms with van der Waals surface area (Å²) in [6.07, 6.45) is 2.07. The Kier molecular flexibility index (Phi) is 2.91. The second-order valence-electron chi connectivity index (χ2n) is 5.03. The zero-order chi connectivity index (χ0) is 13.4. The van der Waals surface area contributed by atoms with Crippen molar-refractivity contribution in [3.05, 3.63) is 35.9 Å². The van der Waals surface area contributed by atoms with Crippen molar-refractivity contribution in [1.82, 2.24) is 5.32 Å². The lowest BCUT2D eigenvalue weighted by Gasteiger charge is -2.23. The zero-order valence-electron chi connectivity index (χ0n) is 10.4. The van der Waals surface area contributed by atoms with Crippen molar-refractivity contribution in [1.29, 1.82) is 0 Å². The quantitative estimate of drug-likeness (QED) is 0.776. The predicted octanol–water partition coefficient (Wildman–Crippen LogP) is 0.562. The Morgan fingerprint density at radius 2 is 1.89 bits per heavy atom. The molecule has 0 spiro atoms. The molecule has 0 radical (unpaired) electrons. The molecule has 0 bridgehead atoms. The SMILES string of the molecule is NC(C1=NC(=O)C(c2ccccc2)C(=O)N1)C1CC1. The van der Waals surface area contributed by atoms with E-state index < -0.39 is 11.8 Å². The lowest BCUT2D eigenvalue weighted by molar-refractivity contribution is -0.129. The standard InChI is InChI=1S/C14H15N3O2/c15-11(9-6-7-9)12-16-13(18)10(14(19)17-12)8-4-2-1-3-5-8/h1-5,9-11H,6-7,15H2,(H,16,17,18,19). The molecule has 2 atom stereocenters. The molecule has 2 amide bonds. The summed E-state index contributed by atoms with van der Waals surface area (Å²) in [4.78, 5) is 28.1. The molecule has 1 aliphatic carbocycles. The number of aliphatic imine (C=N–C) groups is 1. The lowest BCUT2D eigenvalue weighted by atomic mass is 9.95. The van der Waals surface area contributed by atoms with Gasteiger partial charge in [-0.1, -0.05) is 30.3 Å². The van der Waals surface area contributed by atoms with Gasteiger partial charge < -0.3 is 11.1 Å². The van der Waals surface area contributed by atoms with Gasteiger partial charge in [0.05, 0.1) is 6.04 Å². The number of nitrogens with one attached hydrogen (secondary N) is 1. The van der Waals surface area contributed by atoms with Crippen molar-refractivity contribution in [2.75, 3.05) is 0 Å². The summed E-state index contributed by atoms with van der Waals surface area (Å²) in [5.74, 6) is -0.945. The van der Waals surface area contributed by atoms with Crippen LogP contribution in [-0.2, 0) is 9.59 Å². The molecule has 98 valence electrons. The summed E-state index contributed by atoms with van der Waals surface area (Å²) >= 11 is 0. The van der Waals surface area contributed by atoms with E-state index in [9.17, 15) is 9.59 Å². The van der Waals surface area contributed by atoms with E-state index >= 15 is 0 Å². The molecule has 1 aromatic rings. The second-order valence-corrected chi connectivity index (χ2v) is 5.03. The minimum Gasteiger partial charge on any atom is -0.321 e. The molecule has 0 aromatic heterocycles. The summed E-state index contributed by atoms with van der Waals surface area (Å²) in [5.41, 5.74) is 6.62. The van der Waals surface area contributed by atoms with Crippen molar-refractivity contribution in [3.63, 3.8) is 0 Å². The van der Waals surface area contributed by atoms with Crippen molar-refractivity contribution in [2.45, 2.75) is 24.8 Å². The molecule has 1 saturated carbocycles. The molecule has 5 nitrogen and oxygen atoms in total. The van der Waals surface area contributed by atoms with E-state index in [0.29, 0.717) is 17.3 Å². The van der Waals surface area contributed by atoms with Gasteiger partial charge in [0.15, 0.2) is 0 Å². The maximum Gasteiger partial charge on any atom is 0.264 e. The minimum absolute atomic E-state index is 0.324. The van der Waals surface area contributed by atoms with Gasteiger partial charge in [-0.15, -0.1) is 0 Å². The Bertz CT molecular complexity index is 549. The van der Waals surface area contributed by atoms with E-state index in [1.54, 1.807) is 24.3 Å². The van der Waals surface area contributed by atoms with Crippen LogP contribution in [0.25, 0.3) is 0 Å². The van der Waals surface area contributed by atoms with E-state index in [2.05, 4.69) is 10.3 Å². The number of hydrogen-bond acceptors (Lipinski definition) is 3. The Morgan fingerprint density at radius 1 is 1.21 bits per heavy atom. The van der Waals surface area contributed by atoms with Crippen molar-refractivity contribution < 1.29 is 9.59 Å². The monoisotopic (exact) mass is 257 g/mol. The highest BCUT2D eigenvalue weighted by Gasteiger charge is 2.39. The smallest absolute Gasteiger partial charge is 0.264 e. The van der Waals surface area contributed by atoms with Crippen LogP contribution in [0, 0.1) is 5.92 Å². The summed E-state index contributed by atoms with van der Waals surface area (Å²) < 4.78 is 0. The van der Waals surface area contributed by atoms with Crippen LogP contribution in [0.15, 0.2) is 35.3 Å². The second kappa shape index (κ2) is 4.59. The molecule has 2 unspecified atom stereocenters. The van der Waals surface area contributed by atoms with Crippen LogP contribution in [0.3, 0.4) is 0 Å². The van der Waals surface area contributed by atoms with Crippen molar-refractivity contribution in [3.8, 4) is 0 Å². The molecule has 0 saturated heterocycles. The van der Waals surface area contributed by atoms with Crippen LogP contribution >= 0.6 is 0 Å². The normalized spacial score (nSPS) is 24.7. The van der Waals surface area contributed by atoms with Gasteiger partial charge in [-0.05, 0) is 24.3 Å². The first-order chi connectivity index (χ1) is 9.16. The molecule has 1 aliphatic heterocycles. The average molecular weight is 257 g/mol. The lowest BCUT2D eigenvalue weighted by Crippen LogP contribution is -2.51. The highest BCUT2D eigenvalue weighted by molar-refractivity contribution is 6.20. The number of amides is 2. The summed E-state index contributed by atoms with van der Waals surface area (Å²) in [6.45, 7) is 0. The van der Waals surface area contributed by atoms with Gasteiger partial charge >= 0.3 is 0 Å². The van der Waals surface area contributed by atoms with E-state index in [-0.39, 0.29) is 11.9 Å². The Labute approximate surface area is 110 Å². The highest BCUT2D eigenvalue weighted by Crippen LogP contribution is 2.32. The number of nitrogens with two attached hydrogens (primary N) is 1. The van der Waals surface area contributed by atoms with Crippen LogP contribution in [0.4, 0.5) is 0 Å². The van der Waals surface area contributed by atoms with Crippen LogP contribution in [0.2, 0.25) is 0 Å². The van der Waals surface area contributed by atoms with Crippen LogP contribution in [0.1, 0.15) is 24.3 Å². The third-order valence-corrected chi connectivity index (χ3v) is 3.57. The third-order valence-electron chi connectivity index (χ3n) is 3.57. The van der Waals surface area contributed by atoms with Crippen LogP contribution in [-0.4, -0.2) is 23.7 Å². The van der Waals surface area contributed by atoms with Gasteiger partial charge in [0, 0.05) is 0 Å². The summed E-state index contributed by atoms with van der Waals surface area (Å²) in [5, 5.41) is 2.68. The molecule has 1 heterocycles. The zero-order valence-corrected chi connectivity index (χ0v) is 10.4. The third kappa shape index (κ3) is 2.29. The number of hydrogen-bond donors (Lipinski definition) is 2. The van der Waals surface area contributed by atoms with E-state index in [1.807, 2.05) is 6.07 Å². The molecule has 1 fully saturated rings. The van der Waals surface area contributed by atoms with Crippen molar-refractivity contribution >= 4 is 17.6 Å². The molecular formula is C14H15N3O2. The van der Waals surface area contributed by atoms with E-state index in [1.165, 1.54) is 0 Å². The first-order valence-corrected chi connectivity index (χ1v) is 6.40. The number of rotatable bonds is 3. The van der Waals surface area contributed by atoms with Gasteiger partial charge in [0.25, 0.3) is 5.91 Å². The molecule has 19 heavy (non-hydrogen) atoms. The molecule has 1 aromatic carbocycles. The highest BCUT2D eigenvalue weighted by atomic mass is 16.2. The average Bonchev–Trinajstić information content (AvgIpc) is 3.22. The number of benzene rings is 1. The molecule has 5 heteroatoms. The fourth-order valence-electron chi connectivity index (χ4n) is 2.30. The fraction of sp³-hybridized carbons (Fsp3) is 0.357. The van der Waals surface area contributed by atoms with Gasteiger partial charge in [-0.25, -0.2) is 0 Å². The van der Waals surface area contributed by atoms with Gasteiger partial charge in [-0.3, -0.25) is 9.59 Å². The Hall–Kier alpha value is -2.01. The number of carbonyl (C=O) groups is 2. The molecule has 3 N–H and O–H groups in total. The molecule has 2 aliphatic rings. The van der Waals surface area contributed by atoms with Crippen molar-refractivity contribution in [2.24, 2.45) is 16.6 Å². The van der Waals surface area contributed by atoms with Gasteiger partial charge in [0.2, 0.25) is 5.91 Å². The first kappa shape index (κ1) is 12.0. The minimum atomic E-state index is -0.851. The van der Waals surface area contributed by atoms with E-state index in [4.69, 9.17) is 5.73 Å². The van der Waals surface area contributed by atoms with Gasteiger partial charge in [0.1, 0.15) is 11.8 Å². The summed E-state index contributed by atoms with van der Waals surface area (Å²) in [7, 11) is 0. The van der Waals surface area contributed by atoms with Crippen LogP contribution in [0.5, 0.6) is 0 Å². The number of carbonyl (C=O) groups excluding carboxylic acids is 2. The maximum atomic E-state index is 12.1. The molecule has 3 rings (SSSR count). The largest absolute Gasteiger partial charge is 0.321 e. The van der Waals surface area contributed by atoms with Crippen LogP contribution < -0.4 is 11.1 Å². The molecular weight excluding hydrogens is 242 g/mol. The van der Waals surface area contributed by atoms with E-state index in [0.717, 1.165) is 12.8 Å². The topological polar surface area (TPSA) is 84.5 Å². The summed E-state index contributed by atoms with van der Waals surface area (Å²) in [6, 6.07) is 8.61. The maximum absolute atomic E-state index is 12.1. The Balaban J connectivity index is 1.86. The predicted molar refractivity (Wildman–Crippen MR) is 70.5 cm³/mol.